The van der Waals surface area contributed by atoms with Crippen molar-refractivity contribution < 1.29 is 14.3 Å². The summed E-state index contributed by atoms with van der Waals surface area (Å²) in [5, 5.41) is 2.53. The fraction of sp³-hybridized carbons (Fsp3) is 0.778. The average Bonchev–Trinajstić information content (AvgIpc) is 2.16. The van der Waals surface area contributed by atoms with Gasteiger partial charge in [-0.3, -0.25) is 4.79 Å². The van der Waals surface area contributed by atoms with Crippen LogP contribution in [-0.2, 0) is 14.3 Å². The van der Waals surface area contributed by atoms with Crippen LogP contribution in [0.4, 0.5) is 0 Å². The zero-order valence-corrected chi connectivity index (χ0v) is 9.09. The number of amides is 1. The molecule has 0 spiro atoms. The second-order valence-corrected chi connectivity index (χ2v) is 3.81. The van der Waals surface area contributed by atoms with Crippen molar-refractivity contribution in [2.45, 2.75) is 26.8 Å². The molecule has 0 aliphatic heterocycles. The molecule has 0 aliphatic rings. The number of nitrogens with one attached hydrogen (secondary N) is 1. The predicted octanol–water partition coefficient (Wildman–Crippen LogP) is -0.351. The van der Waals surface area contributed by atoms with Crippen LogP contribution in [0.15, 0.2) is 0 Å². The fourth-order valence-electron chi connectivity index (χ4n) is 0.720. The van der Waals surface area contributed by atoms with Crippen LogP contribution in [0.3, 0.4) is 0 Å². The van der Waals surface area contributed by atoms with Crippen LogP contribution >= 0.6 is 0 Å². The topological polar surface area (TPSA) is 81.4 Å². The van der Waals surface area contributed by atoms with Crippen molar-refractivity contribution in [3.63, 3.8) is 0 Å². The highest BCUT2D eigenvalue weighted by Crippen LogP contribution is 2.12. The van der Waals surface area contributed by atoms with Crippen molar-refractivity contribution in [2.75, 3.05) is 13.7 Å². The third-order valence-electron chi connectivity index (χ3n) is 2.03. The van der Waals surface area contributed by atoms with Crippen LogP contribution in [-0.4, -0.2) is 31.6 Å². The van der Waals surface area contributed by atoms with Crippen LogP contribution < -0.4 is 11.1 Å². The molecule has 5 nitrogen and oxygen atoms in total. The normalized spacial score (nSPS) is 13.2. The second kappa shape index (κ2) is 4.95. The third-order valence-corrected chi connectivity index (χ3v) is 2.03. The lowest BCUT2D eigenvalue weighted by molar-refractivity contribution is -0.145. The van der Waals surface area contributed by atoms with E-state index in [2.05, 4.69) is 10.1 Å². The van der Waals surface area contributed by atoms with E-state index in [0.29, 0.717) is 0 Å². The van der Waals surface area contributed by atoms with Crippen LogP contribution in [0.5, 0.6) is 0 Å². The minimum Gasteiger partial charge on any atom is -0.467 e. The van der Waals surface area contributed by atoms with Crippen molar-refractivity contribution in [3.05, 3.63) is 0 Å². The summed E-state index contributed by atoms with van der Waals surface area (Å²) in [4.78, 5) is 22.5. The SMILES string of the molecule is COC(=O)[C@@H](C)NC(=O)C(C)(C)CN. The Hall–Kier alpha value is -1.10. The summed E-state index contributed by atoms with van der Waals surface area (Å²) < 4.78 is 4.47. The van der Waals surface area contributed by atoms with Gasteiger partial charge in [0.05, 0.1) is 12.5 Å². The number of hydrogen-bond donors (Lipinski definition) is 2. The smallest absolute Gasteiger partial charge is 0.328 e. The molecule has 0 aliphatic carbocycles. The summed E-state index contributed by atoms with van der Waals surface area (Å²) >= 11 is 0. The standard InChI is InChI=1S/C9H18N2O3/c1-6(7(12)14-4)11-8(13)9(2,3)5-10/h6H,5,10H2,1-4H3,(H,11,13)/t6-/m1/s1. The number of hydrogen-bond acceptors (Lipinski definition) is 4. The Bertz CT molecular complexity index is 226. The zero-order chi connectivity index (χ0) is 11.4. The number of ether oxygens (including phenoxy) is 1. The van der Waals surface area contributed by atoms with Gasteiger partial charge in [-0.1, -0.05) is 0 Å². The van der Waals surface area contributed by atoms with E-state index in [-0.39, 0.29) is 12.5 Å². The van der Waals surface area contributed by atoms with E-state index in [1.807, 2.05) is 0 Å². The van der Waals surface area contributed by atoms with Gasteiger partial charge < -0.3 is 15.8 Å². The molecule has 0 unspecified atom stereocenters. The number of methoxy groups -OCH3 is 1. The monoisotopic (exact) mass is 202 g/mol. The van der Waals surface area contributed by atoms with Gasteiger partial charge in [-0.15, -0.1) is 0 Å². The number of nitrogens with two attached hydrogens (primary N) is 1. The van der Waals surface area contributed by atoms with E-state index >= 15 is 0 Å². The molecule has 0 bridgehead atoms. The molecule has 0 aromatic carbocycles. The molecule has 1 atom stereocenters. The lowest BCUT2D eigenvalue weighted by Gasteiger charge is -2.23. The maximum atomic E-state index is 11.5. The maximum Gasteiger partial charge on any atom is 0.328 e. The number of rotatable bonds is 4. The van der Waals surface area contributed by atoms with E-state index in [4.69, 9.17) is 5.73 Å². The highest BCUT2D eigenvalue weighted by molar-refractivity contribution is 5.87. The van der Waals surface area contributed by atoms with E-state index in [0.717, 1.165) is 0 Å². The first kappa shape index (κ1) is 12.9. The van der Waals surface area contributed by atoms with E-state index in [1.54, 1.807) is 20.8 Å². The summed E-state index contributed by atoms with van der Waals surface area (Å²) in [6, 6.07) is -0.640. The predicted molar refractivity (Wildman–Crippen MR) is 52.5 cm³/mol. The Morgan fingerprint density at radius 3 is 2.36 bits per heavy atom. The molecule has 0 radical (unpaired) electrons. The molecule has 82 valence electrons. The average molecular weight is 202 g/mol. The molecule has 0 aromatic rings. The molecule has 0 rings (SSSR count). The van der Waals surface area contributed by atoms with Crippen LogP contribution in [0, 0.1) is 5.41 Å². The summed E-state index contributed by atoms with van der Waals surface area (Å²) in [5.41, 5.74) is 4.75. The van der Waals surface area contributed by atoms with Crippen molar-refractivity contribution in [1.29, 1.82) is 0 Å². The lowest BCUT2D eigenvalue weighted by atomic mass is 9.92. The van der Waals surface area contributed by atoms with Gasteiger partial charge in [0, 0.05) is 6.54 Å². The molecule has 0 fully saturated rings. The van der Waals surface area contributed by atoms with E-state index in [9.17, 15) is 9.59 Å². The molecular weight excluding hydrogens is 184 g/mol. The zero-order valence-electron chi connectivity index (χ0n) is 9.09. The summed E-state index contributed by atoms with van der Waals surface area (Å²) in [6.45, 7) is 5.22. The Morgan fingerprint density at radius 1 is 1.50 bits per heavy atom. The van der Waals surface area contributed by atoms with Crippen LogP contribution in [0.2, 0.25) is 0 Å². The molecule has 0 heterocycles. The van der Waals surface area contributed by atoms with Crippen molar-refractivity contribution in [3.8, 4) is 0 Å². The number of carbonyl (C=O) groups excluding carboxylic acids is 2. The van der Waals surface area contributed by atoms with Gasteiger partial charge in [-0.25, -0.2) is 4.79 Å². The molecule has 5 heteroatoms. The van der Waals surface area contributed by atoms with Crippen molar-refractivity contribution >= 4 is 11.9 Å². The minimum absolute atomic E-state index is 0.229. The first-order chi connectivity index (χ1) is 6.35. The molecule has 0 saturated heterocycles. The van der Waals surface area contributed by atoms with Crippen molar-refractivity contribution in [2.24, 2.45) is 11.1 Å². The van der Waals surface area contributed by atoms with Gasteiger partial charge in [0.15, 0.2) is 0 Å². The Labute approximate surface area is 84.0 Å². The Kier molecular flexibility index (Phi) is 4.56. The Balaban J connectivity index is 4.26. The van der Waals surface area contributed by atoms with Crippen LogP contribution in [0.1, 0.15) is 20.8 Å². The quantitative estimate of drug-likeness (QED) is 0.610. The molecule has 1 amide bonds. The summed E-state index contributed by atoms with van der Waals surface area (Å²) in [7, 11) is 1.28. The van der Waals surface area contributed by atoms with Gasteiger partial charge in [-0.2, -0.15) is 0 Å². The highest BCUT2D eigenvalue weighted by Gasteiger charge is 2.28. The highest BCUT2D eigenvalue weighted by atomic mass is 16.5. The first-order valence-corrected chi connectivity index (χ1v) is 4.44. The number of carbonyl (C=O) groups is 2. The van der Waals surface area contributed by atoms with Crippen molar-refractivity contribution in [1.82, 2.24) is 5.32 Å². The molecular formula is C9H18N2O3. The minimum atomic E-state index is -0.664. The fourth-order valence-corrected chi connectivity index (χ4v) is 0.720. The van der Waals surface area contributed by atoms with Crippen LogP contribution in [0.25, 0.3) is 0 Å². The Morgan fingerprint density at radius 2 is 2.00 bits per heavy atom. The van der Waals surface area contributed by atoms with E-state index in [1.165, 1.54) is 7.11 Å². The molecule has 0 aromatic heterocycles. The lowest BCUT2D eigenvalue weighted by Crippen LogP contribution is -2.48. The van der Waals surface area contributed by atoms with Gasteiger partial charge in [0.1, 0.15) is 6.04 Å². The second-order valence-electron chi connectivity index (χ2n) is 3.81. The van der Waals surface area contributed by atoms with Gasteiger partial charge >= 0.3 is 5.97 Å². The third kappa shape index (κ3) is 3.33. The van der Waals surface area contributed by atoms with E-state index < -0.39 is 17.4 Å². The summed E-state index contributed by atoms with van der Waals surface area (Å²) in [5.74, 6) is -0.718. The maximum absolute atomic E-state index is 11.5. The largest absolute Gasteiger partial charge is 0.467 e. The molecule has 3 N–H and O–H groups in total. The molecule has 14 heavy (non-hydrogen) atoms. The first-order valence-electron chi connectivity index (χ1n) is 4.44. The van der Waals surface area contributed by atoms with Gasteiger partial charge in [-0.05, 0) is 20.8 Å². The van der Waals surface area contributed by atoms with Gasteiger partial charge in [0.25, 0.3) is 0 Å². The summed E-state index contributed by atoms with van der Waals surface area (Å²) in [6.07, 6.45) is 0. The van der Waals surface area contributed by atoms with Gasteiger partial charge in [0.2, 0.25) is 5.91 Å². The number of esters is 1. The molecule has 0 saturated carbocycles.